The van der Waals surface area contributed by atoms with Gasteiger partial charge in [-0.25, -0.2) is 0 Å². The molecule has 1 aliphatic rings. The second-order valence-corrected chi connectivity index (χ2v) is 4.71. The minimum Gasteiger partial charge on any atom is -0.469 e. The summed E-state index contributed by atoms with van der Waals surface area (Å²) in [6.45, 7) is 6.57. The summed E-state index contributed by atoms with van der Waals surface area (Å²) in [4.78, 5) is 0. The van der Waals surface area contributed by atoms with Crippen molar-refractivity contribution < 1.29 is 9.15 Å². The van der Waals surface area contributed by atoms with Gasteiger partial charge in [-0.05, 0) is 30.5 Å². The molecule has 2 rings (SSSR count). The molecule has 0 amide bonds. The third kappa shape index (κ3) is 1.60. The number of furan rings is 1. The van der Waals surface area contributed by atoms with Crippen molar-refractivity contribution in [2.45, 2.75) is 19.3 Å². The number of hydrogen-bond acceptors (Lipinski definition) is 3. The van der Waals surface area contributed by atoms with E-state index in [0.29, 0.717) is 18.4 Å². The molecule has 84 valence electrons. The van der Waals surface area contributed by atoms with Gasteiger partial charge < -0.3 is 14.9 Å². The highest BCUT2D eigenvalue weighted by Gasteiger charge is 2.49. The molecule has 1 atom stereocenters. The molecule has 0 spiro atoms. The van der Waals surface area contributed by atoms with Crippen LogP contribution in [0.5, 0.6) is 0 Å². The molecule has 2 heterocycles. The Balaban J connectivity index is 2.28. The lowest BCUT2D eigenvalue weighted by molar-refractivity contribution is -0.108. The predicted octanol–water partition coefficient (Wildman–Crippen LogP) is 1.78. The number of nitrogens with two attached hydrogens (primary N) is 1. The van der Waals surface area contributed by atoms with E-state index in [4.69, 9.17) is 14.9 Å². The van der Waals surface area contributed by atoms with Crippen LogP contribution in [0.25, 0.3) is 0 Å². The Morgan fingerprint density at radius 3 is 2.53 bits per heavy atom. The Kier molecular flexibility index (Phi) is 2.85. The third-order valence-electron chi connectivity index (χ3n) is 3.50. The molecule has 1 unspecified atom stereocenters. The average Bonchev–Trinajstić information content (AvgIpc) is 2.62. The van der Waals surface area contributed by atoms with Crippen LogP contribution in [0.2, 0.25) is 0 Å². The SMILES string of the molecule is CC(C)C(CN)C1(c2ccco2)COC1. The molecule has 3 heteroatoms. The Morgan fingerprint density at radius 1 is 1.47 bits per heavy atom. The van der Waals surface area contributed by atoms with Gasteiger partial charge in [0.15, 0.2) is 0 Å². The van der Waals surface area contributed by atoms with E-state index >= 15 is 0 Å². The van der Waals surface area contributed by atoms with Crippen molar-refractivity contribution in [2.75, 3.05) is 19.8 Å². The van der Waals surface area contributed by atoms with Gasteiger partial charge in [-0.3, -0.25) is 0 Å². The molecule has 0 bridgehead atoms. The summed E-state index contributed by atoms with van der Waals surface area (Å²) in [6, 6.07) is 3.97. The first-order valence-electron chi connectivity index (χ1n) is 5.52. The molecule has 0 radical (unpaired) electrons. The Labute approximate surface area is 90.6 Å². The van der Waals surface area contributed by atoms with Crippen molar-refractivity contribution in [1.29, 1.82) is 0 Å². The van der Waals surface area contributed by atoms with E-state index in [2.05, 4.69) is 13.8 Å². The fourth-order valence-corrected chi connectivity index (χ4v) is 2.56. The molecular weight excluding hydrogens is 190 g/mol. The van der Waals surface area contributed by atoms with Crippen molar-refractivity contribution in [3.05, 3.63) is 24.2 Å². The molecule has 15 heavy (non-hydrogen) atoms. The highest BCUT2D eigenvalue weighted by molar-refractivity contribution is 5.20. The predicted molar refractivity (Wildman–Crippen MR) is 58.6 cm³/mol. The fourth-order valence-electron chi connectivity index (χ4n) is 2.56. The molecule has 1 aromatic rings. The minimum absolute atomic E-state index is 0.0203. The lowest BCUT2D eigenvalue weighted by Crippen LogP contribution is -2.55. The normalized spacial score (nSPS) is 21.3. The van der Waals surface area contributed by atoms with Crippen LogP contribution in [0.4, 0.5) is 0 Å². The second kappa shape index (κ2) is 3.99. The van der Waals surface area contributed by atoms with Crippen molar-refractivity contribution in [2.24, 2.45) is 17.6 Å². The van der Waals surface area contributed by atoms with Gasteiger partial charge in [-0.15, -0.1) is 0 Å². The summed E-state index contributed by atoms with van der Waals surface area (Å²) < 4.78 is 10.9. The maximum absolute atomic E-state index is 5.88. The van der Waals surface area contributed by atoms with E-state index in [1.807, 2.05) is 12.1 Å². The lowest BCUT2D eigenvalue weighted by atomic mass is 9.67. The van der Waals surface area contributed by atoms with Gasteiger partial charge in [0.25, 0.3) is 0 Å². The quantitative estimate of drug-likeness (QED) is 0.822. The first-order valence-corrected chi connectivity index (χ1v) is 5.52. The molecule has 0 aliphatic carbocycles. The molecule has 1 aliphatic heterocycles. The monoisotopic (exact) mass is 209 g/mol. The molecular formula is C12H19NO2. The van der Waals surface area contributed by atoms with Crippen molar-refractivity contribution >= 4 is 0 Å². The topological polar surface area (TPSA) is 48.4 Å². The summed E-state index contributed by atoms with van der Waals surface area (Å²) in [7, 11) is 0. The summed E-state index contributed by atoms with van der Waals surface area (Å²) in [5.74, 6) is 2.00. The van der Waals surface area contributed by atoms with Crippen LogP contribution in [0.1, 0.15) is 19.6 Å². The maximum atomic E-state index is 5.88. The second-order valence-electron chi connectivity index (χ2n) is 4.71. The Hall–Kier alpha value is -0.800. The zero-order chi connectivity index (χ0) is 10.9. The van der Waals surface area contributed by atoms with Gasteiger partial charge in [-0.2, -0.15) is 0 Å². The molecule has 0 saturated carbocycles. The van der Waals surface area contributed by atoms with Gasteiger partial charge >= 0.3 is 0 Å². The number of rotatable bonds is 4. The zero-order valence-corrected chi connectivity index (χ0v) is 9.40. The minimum atomic E-state index is 0.0203. The molecule has 1 saturated heterocycles. The highest BCUT2D eigenvalue weighted by Crippen LogP contribution is 2.42. The van der Waals surface area contributed by atoms with E-state index in [9.17, 15) is 0 Å². The molecule has 1 aromatic heterocycles. The number of hydrogen-bond donors (Lipinski definition) is 1. The first-order chi connectivity index (χ1) is 7.20. The maximum Gasteiger partial charge on any atom is 0.114 e. The molecule has 1 fully saturated rings. The van der Waals surface area contributed by atoms with Crippen LogP contribution >= 0.6 is 0 Å². The van der Waals surface area contributed by atoms with Crippen LogP contribution in [-0.4, -0.2) is 19.8 Å². The van der Waals surface area contributed by atoms with Gasteiger partial charge in [-0.1, -0.05) is 13.8 Å². The highest BCUT2D eigenvalue weighted by atomic mass is 16.5. The van der Waals surface area contributed by atoms with E-state index < -0.39 is 0 Å². The van der Waals surface area contributed by atoms with Crippen molar-refractivity contribution in [3.63, 3.8) is 0 Å². The summed E-state index contributed by atoms with van der Waals surface area (Å²) in [5, 5.41) is 0. The van der Waals surface area contributed by atoms with E-state index in [-0.39, 0.29) is 5.41 Å². The van der Waals surface area contributed by atoms with Gasteiger partial charge in [0.05, 0.1) is 24.9 Å². The zero-order valence-electron chi connectivity index (χ0n) is 9.40. The summed E-state index contributed by atoms with van der Waals surface area (Å²) in [5.41, 5.74) is 5.90. The summed E-state index contributed by atoms with van der Waals surface area (Å²) in [6.07, 6.45) is 1.73. The van der Waals surface area contributed by atoms with Gasteiger partial charge in [0, 0.05) is 0 Å². The van der Waals surface area contributed by atoms with Crippen LogP contribution in [0, 0.1) is 11.8 Å². The van der Waals surface area contributed by atoms with Crippen LogP contribution in [-0.2, 0) is 10.2 Å². The average molecular weight is 209 g/mol. The smallest absolute Gasteiger partial charge is 0.114 e. The van der Waals surface area contributed by atoms with Crippen molar-refractivity contribution in [3.8, 4) is 0 Å². The van der Waals surface area contributed by atoms with Gasteiger partial charge in [0.1, 0.15) is 5.76 Å². The fraction of sp³-hybridized carbons (Fsp3) is 0.667. The van der Waals surface area contributed by atoms with E-state index in [1.54, 1.807) is 6.26 Å². The van der Waals surface area contributed by atoms with Gasteiger partial charge in [0.2, 0.25) is 0 Å². The summed E-state index contributed by atoms with van der Waals surface area (Å²) >= 11 is 0. The Morgan fingerprint density at radius 2 is 2.20 bits per heavy atom. The van der Waals surface area contributed by atoms with Crippen LogP contribution in [0.3, 0.4) is 0 Å². The number of ether oxygens (including phenoxy) is 1. The van der Waals surface area contributed by atoms with Crippen LogP contribution in [0.15, 0.2) is 22.8 Å². The van der Waals surface area contributed by atoms with Crippen molar-refractivity contribution in [1.82, 2.24) is 0 Å². The third-order valence-corrected chi connectivity index (χ3v) is 3.50. The van der Waals surface area contributed by atoms with E-state index in [0.717, 1.165) is 19.0 Å². The molecule has 2 N–H and O–H groups in total. The lowest BCUT2D eigenvalue weighted by Gasteiger charge is -2.47. The molecule has 3 nitrogen and oxygen atoms in total. The van der Waals surface area contributed by atoms with Crippen LogP contribution < -0.4 is 5.73 Å². The largest absolute Gasteiger partial charge is 0.469 e. The first kappa shape index (κ1) is 10.7. The molecule has 0 aromatic carbocycles. The van der Waals surface area contributed by atoms with E-state index in [1.165, 1.54) is 0 Å². The Bertz CT molecular complexity index is 301. The standard InChI is InChI=1S/C12H19NO2/c1-9(2)10(6-13)12(7-14-8-12)11-4-3-5-15-11/h3-5,9-10H,6-8,13H2,1-2H3.